The molecule has 1 amide bonds. The number of hydrogen-bond donors (Lipinski definition) is 1. The first-order chi connectivity index (χ1) is 10.9. The highest BCUT2D eigenvalue weighted by molar-refractivity contribution is 6.37. The maximum atomic E-state index is 11.9. The Balaban J connectivity index is 1.94. The number of hydrogen-bond acceptors (Lipinski definition) is 3. The first-order valence-electron chi connectivity index (χ1n) is 6.24. The van der Waals surface area contributed by atoms with E-state index in [1.807, 2.05) is 0 Å². The molecule has 0 aliphatic rings. The van der Waals surface area contributed by atoms with Gasteiger partial charge in [0.05, 0.1) is 21.3 Å². The van der Waals surface area contributed by atoms with Crippen molar-refractivity contribution in [3.63, 3.8) is 0 Å². The van der Waals surface area contributed by atoms with E-state index in [-0.39, 0.29) is 15.6 Å². The van der Waals surface area contributed by atoms with Crippen molar-refractivity contribution in [2.24, 2.45) is 0 Å². The summed E-state index contributed by atoms with van der Waals surface area (Å²) >= 11 is 23.3. The zero-order valence-electron chi connectivity index (χ0n) is 11.4. The third-order valence-corrected chi connectivity index (χ3v) is 3.79. The van der Waals surface area contributed by atoms with Crippen LogP contribution >= 0.6 is 46.4 Å². The Labute approximate surface area is 152 Å². The summed E-state index contributed by atoms with van der Waals surface area (Å²) in [6, 6.07) is 8.92. The van der Waals surface area contributed by atoms with E-state index in [1.165, 1.54) is 24.3 Å². The summed E-state index contributed by atoms with van der Waals surface area (Å²) in [4.78, 5) is 23.7. The Morgan fingerprint density at radius 3 is 2.13 bits per heavy atom. The van der Waals surface area contributed by atoms with Gasteiger partial charge in [0.25, 0.3) is 5.91 Å². The Morgan fingerprint density at radius 2 is 1.52 bits per heavy atom. The molecule has 2 rings (SSSR count). The Morgan fingerprint density at radius 1 is 0.913 bits per heavy atom. The number of halogens is 4. The van der Waals surface area contributed by atoms with E-state index in [1.54, 1.807) is 12.1 Å². The second-order valence-electron chi connectivity index (χ2n) is 4.37. The van der Waals surface area contributed by atoms with Gasteiger partial charge in [-0.2, -0.15) is 0 Å². The van der Waals surface area contributed by atoms with E-state index >= 15 is 0 Å². The minimum atomic E-state index is -0.732. The van der Waals surface area contributed by atoms with Gasteiger partial charge < -0.3 is 10.1 Å². The monoisotopic (exact) mass is 391 g/mol. The van der Waals surface area contributed by atoms with Crippen LogP contribution in [0.2, 0.25) is 20.1 Å². The third-order valence-electron chi connectivity index (χ3n) is 2.69. The van der Waals surface area contributed by atoms with Crippen molar-refractivity contribution >= 4 is 64.0 Å². The van der Waals surface area contributed by atoms with Crippen LogP contribution in [-0.4, -0.2) is 18.5 Å². The number of rotatable bonds is 4. The van der Waals surface area contributed by atoms with Gasteiger partial charge in [-0.1, -0.05) is 46.4 Å². The largest absolute Gasteiger partial charge is 0.452 e. The van der Waals surface area contributed by atoms with E-state index in [9.17, 15) is 9.59 Å². The quantitative estimate of drug-likeness (QED) is 0.736. The zero-order chi connectivity index (χ0) is 17.0. The molecule has 0 spiro atoms. The van der Waals surface area contributed by atoms with Crippen LogP contribution in [0.15, 0.2) is 36.4 Å². The molecule has 0 saturated carbocycles. The molecule has 4 nitrogen and oxygen atoms in total. The van der Waals surface area contributed by atoms with Gasteiger partial charge in [-0.15, -0.1) is 0 Å². The van der Waals surface area contributed by atoms with Crippen molar-refractivity contribution < 1.29 is 14.3 Å². The molecule has 0 aliphatic heterocycles. The second-order valence-corrected chi connectivity index (χ2v) is 6.06. The number of carbonyl (C=O) groups is 2. The van der Waals surface area contributed by atoms with Gasteiger partial charge in [0.2, 0.25) is 0 Å². The molecule has 0 unspecified atom stereocenters. The lowest BCUT2D eigenvalue weighted by atomic mass is 10.2. The van der Waals surface area contributed by atoms with Gasteiger partial charge in [-0.3, -0.25) is 4.79 Å². The molecular formula is C15H9Cl4NO3. The second kappa shape index (κ2) is 7.88. The van der Waals surface area contributed by atoms with E-state index in [0.717, 1.165) is 0 Å². The fraction of sp³-hybridized carbons (Fsp3) is 0.0667. The highest BCUT2D eigenvalue weighted by atomic mass is 35.5. The minimum Gasteiger partial charge on any atom is -0.452 e. The van der Waals surface area contributed by atoms with Crippen LogP contribution in [0.25, 0.3) is 0 Å². The number of carbonyl (C=O) groups excluding carboxylic acids is 2. The molecule has 1 N–H and O–H groups in total. The van der Waals surface area contributed by atoms with Crippen molar-refractivity contribution in [2.45, 2.75) is 0 Å². The number of amides is 1. The summed E-state index contributed by atoms with van der Waals surface area (Å²) in [7, 11) is 0. The standard InChI is InChI=1S/C15H9Cl4NO3/c16-8-1-3-10(11(18)5-8)15(22)23-7-14(21)20-13-4-2-9(17)6-12(13)19/h1-6H,7H2,(H,20,21). The lowest BCUT2D eigenvalue weighted by molar-refractivity contribution is -0.119. The summed E-state index contributed by atoms with van der Waals surface area (Å²) in [5.41, 5.74) is 0.482. The molecule has 2 aromatic carbocycles. The minimum absolute atomic E-state index is 0.119. The summed E-state index contributed by atoms with van der Waals surface area (Å²) in [6.07, 6.45) is 0. The number of esters is 1. The average Bonchev–Trinajstić information content (AvgIpc) is 2.48. The smallest absolute Gasteiger partial charge is 0.340 e. The fourth-order valence-corrected chi connectivity index (χ4v) is 2.58. The number of ether oxygens (including phenoxy) is 1. The van der Waals surface area contributed by atoms with E-state index < -0.39 is 18.5 Å². The van der Waals surface area contributed by atoms with Crippen molar-refractivity contribution in [3.05, 3.63) is 62.1 Å². The lowest BCUT2D eigenvalue weighted by Crippen LogP contribution is -2.21. The molecule has 0 bridgehead atoms. The molecule has 0 heterocycles. The molecule has 23 heavy (non-hydrogen) atoms. The maximum absolute atomic E-state index is 11.9. The first-order valence-corrected chi connectivity index (χ1v) is 7.75. The number of nitrogens with one attached hydrogen (secondary N) is 1. The number of benzene rings is 2. The Kier molecular flexibility index (Phi) is 6.13. The zero-order valence-corrected chi connectivity index (χ0v) is 14.4. The van der Waals surface area contributed by atoms with Crippen LogP contribution < -0.4 is 5.32 Å². The normalized spacial score (nSPS) is 10.3. The van der Waals surface area contributed by atoms with E-state index in [4.69, 9.17) is 51.1 Å². The predicted molar refractivity (Wildman–Crippen MR) is 91.8 cm³/mol. The van der Waals surface area contributed by atoms with Gasteiger partial charge in [0.15, 0.2) is 6.61 Å². The topological polar surface area (TPSA) is 55.4 Å². The molecule has 120 valence electrons. The molecule has 0 saturated heterocycles. The molecule has 0 aromatic heterocycles. The summed E-state index contributed by atoms with van der Waals surface area (Å²) in [5, 5.41) is 3.76. The Bertz CT molecular complexity index is 764. The van der Waals surface area contributed by atoms with Gasteiger partial charge in [0.1, 0.15) is 0 Å². The predicted octanol–water partition coefficient (Wildman–Crippen LogP) is 5.10. The van der Waals surface area contributed by atoms with E-state index in [0.29, 0.717) is 15.7 Å². The summed E-state index contributed by atoms with van der Waals surface area (Å²) < 4.78 is 4.90. The summed E-state index contributed by atoms with van der Waals surface area (Å²) in [5.74, 6) is -1.28. The molecule has 2 aromatic rings. The van der Waals surface area contributed by atoms with Gasteiger partial charge in [-0.05, 0) is 36.4 Å². The average molecular weight is 393 g/mol. The third kappa shape index (κ3) is 5.01. The van der Waals surface area contributed by atoms with E-state index in [2.05, 4.69) is 5.32 Å². The first kappa shape index (κ1) is 17.9. The van der Waals surface area contributed by atoms with Gasteiger partial charge in [-0.25, -0.2) is 4.79 Å². The van der Waals surface area contributed by atoms with Crippen molar-refractivity contribution in [1.82, 2.24) is 0 Å². The molecule has 0 atom stereocenters. The SMILES string of the molecule is O=C(COC(=O)c1ccc(Cl)cc1Cl)Nc1ccc(Cl)cc1Cl. The van der Waals surface area contributed by atoms with Crippen molar-refractivity contribution in [1.29, 1.82) is 0 Å². The molecule has 0 fully saturated rings. The molecule has 8 heteroatoms. The molecule has 0 radical (unpaired) electrons. The van der Waals surface area contributed by atoms with Crippen LogP contribution in [0.3, 0.4) is 0 Å². The number of anilines is 1. The van der Waals surface area contributed by atoms with Crippen LogP contribution in [0.5, 0.6) is 0 Å². The Hall–Kier alpha value is -1.46. The van der Waals surface area contributed by atoms with Crippen LogP contribution in [0.1, 0.15) is 10.4 Å². The lowest BCUT2D eigenvalue weighted by Gasteiger charge is -2.09. The maximum Gasteiger partial charge on any atom is 0.340 e. The van der Waals surface area contributed by atoms with Crippen molar-refractivity contribution in [2.75, 3.05) is 11.9 Å². The van der Waals surface area contributed by atoms with Crippen LogP contribution in [-0.2, 0) is 9.53 Å². The highest BCUT2D eigenvalue weighted by Crippen LogP contribution is 2.25. The van der Waals surface area contributed by atoms with Crippen LogP contribution in [0, 0.1) is 0 Å². The van der Waals surface area contributed by atoms with Crippen molar-refractivity contribution in [3.8, 4) is 0 Å². The van der Waals surface area contributed by atoms with Gasteiger partial charge >= 0.3 is 5.97 Å². The highest BCUT2D eigenvalue weighted by Gasteiger charge is 2.14. The fourth-order valence-electron chi connectivity index (χ4n) is 1.64. The van der Waals surface area contributed by atoms with Gasteiger partial charge in [0, 0.05) is 10.0 Å². The molecule has 0 aliphatic carbocycles. The van der Waals surface area contributed by atoms with Crippen LogP contribution in [0.4, 0.5) is 5.69 Å². The summed E-state index contributed by atoms with van der Waals surface area (Å²) in [6.45, 7) is -0.489. The molecular weight excluding hydrogens is 384 g/mol.